The van der Waals surface area contributed by atoms with E-state index < -0.39 is 0 Å². The number of rotatable bonds is 1. The van der Waals surface area contributed by atoms with Crippen LogP contribution < -0.4 is 0 Å². The fourth-order valence-electron chi connectivity index (χ4n) is 3.40. The van der Waals surface area contributed by atoms with Gasteiger partial charge in [-0.05, 0) is 32.3 Å². The summed E-state index contributed by atoms with van der Waals surface area (Å²) in [5.41, 5.74) is 2.05. The van der Waals surface area contributed by atoms with Gasteiger partial charge in [0.05, 0.1) is 11.9 Å². The van der Waals surface area contributed by atoms with Gasteiger partial charge in [0, 0.05) is 18.0 Å². The fraction of sp³-hybridized carbons (Fsp3) is 0. The summed E-state index contributed by atoms with van der Waals surface area (Å²) in [5.74, 6) is 0. The van der Waals surface area contributed by atoms with Gasteiger partial charge in [-0.2, -0.15) is 0 Å². The first-order valence-corrected chi connectivity index (χ1v) is 7.35. The van der Waals surface area contributed by atoms with Crippen molar-refractivity contribution < 1.29 is 0 Å². The molecule has 1 aromatic heterocycles. The molecule has 0 unspecified atom stereocenters. The largest absolute Gasteiger partial charge is 0.261 e. The molecule has 0 aliphatic carbocycles. The summed E-state index contributed by atoms with van der Waals surface area (Å²) in [6.07, 6.45) is 5.28. The summed E-state index contributed by atoms with van der Waals surface area (Å²) >= 11 is 0. The van der Waals surface area contributed by atoms with Crippen molar-refractivity contribution in [2.75, 3.05) is 0 Å². The van der Waals surface area contributed by atoms with Crippen LogP contribution in [-0.2, 0) is 0 Å². The highest BCUT2D eigenvalue weighted by Crippen LogP contribution is 2.38. The predicted octanol–water partition coefficient (Wildman–Crippen LogP) is 5.04. The fourth-order valence-corrected chi connectivity index (χ4v) is 3.40. The molecule has 5 rings (SSSR count). The topological polar surface area (TPSA) is 25.8 Å². The van der Waals surface area contributed by atoms with E-state index in [0.29, 0.717) is 0 Å². The first-order valence-electron chi connectivity index (χ1n) is 7.35. The highest BCUT2D eigenvalue weighted by atomic mass is 14.8. The van der Waals surface area contributed by atoms with Crippen LogP contribution in [0, 0.1) is 0 Å². The first-order chi connectivity index (χ1) is 10.9. The zero-order valence-corrected chi connectivity index (χ0v) is 11.8. The molecule has 0 bridgehead atoms. The minimum absolute atomic E-state index is 0.917. The summed E-state index contributed by atoms with van der Waals surface area (Å²) in [7, 11) is 0. The van der Waals surface area contributed by atoms with E-state index in [1.165, 1.54) is 32.3 Å². The lowest BCUT2D eigenvalue weighted by molar-refractivity contribution is 1.21. The zero-order valence-electron chi connectivity index (χ0n) is 11.8. The second-order valence-corrected chi connectivity index (χ2v) is 5.56. The van der Waals surface area contributed by atoms with Crippen molar-refractivity contribution in [2.24, 2.45) is 0 Å². The second kappa shape index (κ2) is 4.25. The Morgan fingerprint density at radius 3 is 2.14 bits per heavy atom. The van der Waals surface area contributed by atoms with Gasteiger partial charge in [-0.1, -0.05) is 54.6 Å². The summed E-state index contributed by atoms with van der Waals surface area (Å²) in [6, 6.07) is 19.6. The molecule has 0 saturated heterocycles. The van der Waals surface area contributed by atoms with Crippen molar-refractivity contribution in [3.63, 3.8) is 0 Å². The van der Waals surface area contributed by atoms with Crippen molar-refractivity contribution in [1.29, 1.82) is 0 Å². The number of aromatic nitrogens is 2. The minimum atomic E-state index is 0.917. The zero-order chi connectivity index (χ0) is 14.5. The maximum Gasteiger partial charge on any atom is 0.0891 e. The SMILES string of the molecule is c1cc2ccc3ccc(-c4cnccn4)c4ccc(c1)c2c34. The van der Waals surface area contributed by atoms with Gasteiger partial charge in [0.15, 0.2) is 0 Å². The van der Waals surface area contributed by atoms with Crippen molar-refractivity contribution >= 4 is 32.3 Å². The molecular formula is C20H12N2. The van der Waals surface area contributed by atoms with Crippen LogP contribution in [0.1, 0.15) is 0 Å². The van der Waals surface area contributed by atoms with Gasteiger partial charge in [0.25, 0.3) is 0 Å². The van der Waals surface area contributed by atoms with Crippen LogP contribution in [0.3, 0.4) is 0 Å². The molecule has 0 aliphatic rings. The third-order valence-corrected chi connectivity index (χ3v) is 4.37. The smallest absolute Gasteiger partial charge is 0.0891 e. The van der Waals surface area contributed by atoms with Crippen LogP contribution in [0.5, 0.6) is 0 Å². The Kier molecular flexibility index (Phi) is 2.25. The van der Waals surface area contributed by atoms with Crippen LogP contribution in [0.25, 0.3) is 43.6 Å². The molecule has 4 aromatic carbocycles. The average molecular weight is 280 g/mol. The van der Waals surface area contributed by atoms with Crippen molar-refractivity contribution in [2.45, 2.75) is 0 Å². The molecule has 0 N–H and O–H groups in total. The Balaban J connectivity index is 2.02. The van der Waals surface area contributed by atoms with Crippen molar-refractivity contribution in [1.82, 2.24) is 9.97 Å². The standard InChI is InChI=1S/C20H12N2/c1-2-13-4-5-15-6-8-16(18-12-21-10-11-22-18)17-9-7-14(3-1)19(13)20(15)17/h1-12H. The third-order valence-electron chi connectivity index (χ3n) is 4.37. The normalized spacial score (nSPS) is 11.6. The summed E-state index contributed by atoms with van der Waals surface area (Å²) in [4.78, 5) is 8.68. The lowest BCUT2D eigenvalue weighted by Crippen LogP contribution is -1.89. The molecule has 0 atom stereocenters. The minimum Gasteiger partial charge on any atom is -0.261 e. The summed E-state index contributed by atoms with van der Waals surface area (Å²) in [5, 5.41) is 7.73. The van der Waals surface area contributed by atoms with Gasteiger partial charge in [0.2, 0.25) is 0 Å². The van der Waals surface area contributed by atoms with Crippen LogP contribution >= 0.6 is 0 Å². The Morgan fingerprint density at radius 1 is 0.636 bits per heavy atom. The summed E-state index contributed by atoms with van der Waals surface area (Å²) < 4.78 is 0. The molecule has 0 fully saturated rings. The predicted molar refractivity (Wildman–Crippen MR) is 91.2 cm³/mol. The second-order valence-electron chi connectivity index (χ2n) is 5.56. The van der Waals surface area contributed by atoms with Crippen LogP contribution in [0.2, 0.25) is 0 Å². The first kappa shape index (κ1) is 11.6. The van der Waals surface area contributed by atoms with E-state index in [2.05, 4.69) is 64.6 Å². The molecule has 1 heterocycles. The highest BCUT2D eigenvalue weighted by molar-refractivity contribution is 6.25. The van der Waals surface area contributed by atoms with Crippen molar-refractivity contribution in [3.05, 3.63) is 73.2 Å². The molecule has 22 heavy (non-hydrogen) atoms. The van der Waals surface area contributed by atoms with E-state index in [9.17, 15) is 0 Å². The van der Waals surface area contributed by atoms with Gasteiger partial charge in [-0.3, -0.25) is 9.97 Å². The number of hydrogen-bond acceptors (Lipinski definition) is 2. The molecule has 0 amide bonds. The average Bonchev–Trinajstić information content (AvgIpc) is 2.60. The van der Waals surface area contributed by atoms with Crippen molar-refractivity contribution in [3.8, 4) is 11.3 Å². The lowest BCUT2D eigenvalue weighted by Gasteiger charge is -2.13. The third kappa shape index (κ3) is 1.49. The molecule has 0 radical (unpaired) electrons. The molecule has 5 aromatic rings. The maximum atomic E-state index is 4.47. The van der Waals surface area contributed by atoms with Gasteiger partial charge < -0.3 is 0 Å². The molecule has 2 nitrogen and oxygen atoms in total. The highest BCUT2D eigenvalue weighted by Gasteiger charge is 2.12. The van der Waals surface area contributed by atoms with Gasteiger partial charge in [0.1, 0.15) is 0 Å². The Morgan fingerprint density at radius 2 is 1.36 bits per heavy atom. The molecule has 2 heteroatoms. The molecule has 0 spiro atoms. The van der Waals surface area contributed by atoms with Gasteiger partial charge in [-0.25, -0.2) is 0 Å². The van der Waals surface area contributed by atoms with E-state index in [1.807, 2.05) is 6.20 Å². The summed E-state index contributed by atoms with van der Waals surface area (Å²) in [6.45, 7) is 0. The Labute approximate surface area is 127 Å². The van der Waals surface area contributed by atoms with Crippen LogP contribution in [-0.4, -0.2) is 9.97 Å². The van der Waals surface area contributed by atoms with Crippen LogP contribution in [0.15, 0.2) is 73.2 Å². The Bertz CT molecular complexity index is 1100. The molecule has 0 saturated carbocycles. The maximum absolute atomic E-state index is 4.47. The van der Waals surface area contributed by atoms with E-state index in [1.54, 1.807) is 12.4 Å². The van der Waals surface area contributed by atoms with E-state index in [0.717, 1.165) is 11.3 Å². The monoisotopic (exact) mass is 280 g/mol. The van der Waals surface area contributed by atoms with E-state index in [-0.39, 0.29) is 0 Å². The molecule has 0 aliphatic heterocycles. The number of benzene rings is 4. The molecule has 102 valence electrons. The molecular weight excluding hydrogens is 268 g/mol. The number of nitrogens with zero attached hydrogens (tertiary/aromatic N) is 2. The van der Waals surface area contributed by atoms with Gasteiger partial charge >= 0.3 is 0 Å². The van der Waals surface area contributed by atoms with E-state index >= 15 is 0 Å². The van der Waals surface area contributed by atoms with Gasteiger partial charge in [-0.15, -0.1) is 0 Å². The van der Waals surface area contributed by atoms with Crippen LogP contribution in [0.4, 0.5) is 0 Å². The van der Waals surface area contributed by atoms with E-state index in [4.69, 9.17) is 0 Å². The lowest BCUT2D eigenvalue weighted by atomic mass is 9.91. The Hall–Kier alpha value is -3.00. The number of hydrogen-bond donors (Lipinski definition) is 0. The quantitative estimate of drug-likeness (QED) is 0.402.